The molecule has 0 fully saturated rings. The van der Waals surface area contributed by atoms with Gasteiger partial charge in [0.15, 0.2) is 17.2 Å². The summed E-state index contributed by atoms with van der Waals surface area (Å²) in [6, 6.07) is 19.2. The first-order valence-corrected chi connectivity index (χ1v) is 7.84. The Morgan fingerprint density at radius 1 is 1.00 bits per heavy atom. The van der Waals surface area contributed by atoms with Gasteiger partial charge >= 0.3 is 5.97 Å². The second-order valence-electron chi connectivity index (χ2n) is 5.13. The predicted molar refractivity (Wildman–Crippen MR) is 93.5 cm³/mol. The number of carboxylic acids is 1. The van der Waals surface area contributed by atoms with Crippen molar-refractivity contribution in [3.63, 3.8) is 0 Å². The lowest BCUT2D eigenvalue weighted by Gasteiger charge is -2.12. The van der Waals surface area contributed by atoms with Crippen molar-refractivity contribution in [2.24, 2.45) is 0 Å². The summed E-state index contributed by atoms with van der Waals surface area (Å²) in [5.41, 5.74) is 0.903. The maximum absolute atomic E-state index is 11.0. The summed E-state index contributed by atoms with van der Waals surface area (Å²) in [6.45, 7) is 0.363. The van der Waals surface area contributed by atoms with Crippen LogP contribution in [-0.4, -0.2) is 16.1 Å². The highest BCUT2D eigenvalue weighted by atomic mass is 35.5. The average Bonchev–Trinajstić information content (AvgIpc) is 2.62. The Kier molecular flexibility index (Phi) is 5.16. The number of halogens is 1. The third-order valence-corrected chi connectivity index (χ3v) is 3.54. The van der Waals surface area contributed by atoms with Crippen LogP contribution in [0.2, 0.25) is 5.02 Å². The Balaban J connectivity index is 1.81. The molecule has 1 heterocycles. The zero-order valence-corrected chi connectivity index (χ0v) is 13.8. The summed E-state index contributed by atoms with van der Waals surface area (Å²) >= 11 is 6.03. The van der Waals surface area contributed by atoms with Crippen molar-refractivity contribution in [1.82, 2.24) is 4.98 Å². The van der Waals surface area contributed by atoms with Gasteiger partial charge < -0.3 is 14.6 Å². The predicted octanol–water partition coefficient (Wildman–Crippen LogP) is 4.80. The first-order valence-electron chi connectivity index (χ1n) is 7.46. The molecule has 0 atom stereocenters. The molecule has 1 aromatic heterocycles. The van der Waals surface area contributed by atoms with E-state index >= 15 is 0 Å². The molecule has 2 aromatic carbocycles. The van der Waals surface area contributed by atoms with Gasteiger partial charge in [0.25, 0.3) is 0 Å². The molecule has 0 unspecified atom stereocenters. The number of ether oxygens (including phenoxy) is 2. The van der Waals surface area contributed by atoms with Gasteiger partial charge in [-0.1, -0.05) is 48.0 Å². The smallest absolute Gasteiger partial charge is 0.354 e. The number of aromatic nitrogens is 1. The number of aromatic carboxylic acids is 1. The number of hydrogen-bond acceptors (Lipinski definition) is 4. The number of pyridine rings is 1. The van der Waals surface area contributed by atoms with Gasteiger partial charge in [-0.25, -0.2) is 9.78 Å². The lowest BCUT2D eigenvalue weighted by molar-refractivity contribution is 0.0689. The van der Waals surface area contributed by atoms with E-state index in [2.05, 4.69) is 4.98 Å². The van der Waals surface area contributed by atoms with Crippen LogP contribution in [0.25, 0.3) is 0 Å². The fourth-order valence-corrected chi connectivity index (χ4v) is 2.28. The molecule has 25 heavy (non-hydrogen) atoms. The highest BCUT2D eigenvalue weighted by molar-refractivity contribution is 6.30. The topological polar surface area (TPSA) is 68.7 Å². The molecule has 0 radical (unpaired) electrons. The second-order valence-corrected chi connectivity index (χ2v) is 5.57. The first-order chi connectivity index (χ1) is 12.1. The number of rotatable bonds is 6. The third-order valence-electron chi connectivity index (χ3n) is 3.30. The number of hydrogen-bond donors (Lipinski definition) is 1. The Labute approximate surface area is 149 Å². The molecule has 5 nitrogen and oxygen atoms in total. The quantitative estimate of drug-likeness (QED) is 0.687. The van der Waals surface area contributed by atoms with Crippen molar-refractivity contribution >= 4 is 17.6 Å². The zero-order chi connectivity index (χ0) is 17.6. The molecule has 0 aliphatic carbocycles. The molecule has 0 bridgehead atoms. The van der Waals surface area contributed by atoms with Crippen LogP contribution in [0.15, 0.2) is 66.7 Å². The van der Waals surface area contributed by atoms with Gasteiger partial charge in [0.05, 0.1) is 0 Å². The zero-order valence-electron chi connectivity index (χ0n) is 13.1. The first kappa shape index (κ1) is 16.8. The average molecular weight is 356 g/mol. The molecule has 0 aliphatic rings. The van der Waals surface area contributed by atoms with Crippen LogP contribution in [0.4, 0.5) is 0 Å². The fourth-order valence-electron chi connectivity index (χ4n) is 2.12. The van der Waals surface area contributed by atoms with E-state index in [0.717, 1.165) is 5.56 Å². The van der Waals surface area contributed by atoms with E-state index in [-0.39, 0.29) is 11.6 Å². The van der Waals surface area contributed by atoms with Crippen molar-refractivity contribution in [1.29, 1.82) is 0 Å². The Morgan fingerprint density at radius 3 is 2.56 bits per heavy atom. The lowest BCUT2D eigenvalue weighted by Crippen LogP contribution is -2.02. The van der Waals surface area contributed by atoms with E-state index < -0.39 is 5.97 Å². The van der Waals surface area contributed by atoms with Crippen LogP contribution in [0.5, 0.6) is 17.4 Å². The second kappa shape index (κ2) is 7.68. The van der Waals surface area contributed by atoms with E-state index in [1.54, 1.807) is 30.3 Å². The normalized spacial score (nSPS) is 10.3. The summed E-state index contributed by atoms with van der Waals surface area (Å²) < 4.78 is 11.5. The Bertz CT molecular complexity index is 884. The maximum atomic E-state index is 11.0. The molecule has 0 amide bonds. The summed E-state index contributed by atoms with van der Waals surface area (Å²) in [5.74, 6) is -0.141. The fraction of sp³-hybridized carbons (Fsp3) is 0.0526. The van der Waals surface area contributed by atoms with E-state index in [1.807, 2.05) is 30.3 Å². The lowest BCUT2D eigenvalue weighted by atomic mass is 10.2. The van der Waals surface area contributed by atoms with Gasteiger partial charge in [-0.3, -0.25) is 0 Å². The van der Waals surface area contributed by atoms with Crippen molar-refractivity contribution in [3.05, 3.63) is 83.0 Å². The van der Waals surface area contributed by atoms with E-state index in [4.69, 9.17) is 26.2 Å². The van der Waals surface area contributed by atoms with E-state index in [0.29, 0.717) is 23.1 Å². The molecule has 0 aliphatic heterocycles. The van der Waals surface area contributed by atoms with Crippen LogP contribution in [0, 0.1) is 0 Å². The highest BCUT2D eigenvalue weighted by Gasteiger charge is 2.11. The number of benzene rings is 2. The van der Waals surface area contributed by atoms with Crippen LogP contribution in [-0.2, 0) is 6.61 Å². The Morgan fingerprint density at radius 2 is 1.80 bits per heavy atom. The van der Waals surface area contributed by atoms with E-state index in [1.165, 1.54) is 6.07 Å². The molecular formula is C19H14ClNO4. The van der Waals surface area contributed by atoms with Gasteiger partial charge in [-0.15, -0.1) is 0 Å². The molecule has 3 rings (SSSR count). The number of carboxylic acid groups (broad SMARTS) is 1. The standard InChI is InChI=1S/C19H14ClNO4/c20-14-9-10-16(24-12-13-5-2-1-3-6-13)17(11-14)25-18-8-4-7-15(21-18)19(22)23/h1-11H,12H2,(H,22,23). The minimum Gasteiger partial charge on any atom is -0.485 e. The largest absolute Gasteiger partial charge is 0.485 e. The van der Waals surface area contributed by atoms with Gasteiger partial charge in [0, 0.05) is 17.2 Å². The highest BCUT2D eigenvalue weighted by Crippen LogP contribution is 2.34. The van der Waals surface area contributed by atoms with Gasteiger partial charge in [-0.05, 0) is 23.8 Å². The van der Waals surface area contributed by atoms with Crippen molar-refractivity contribution in [2.75, 3.05) is 0 Å². The van der Waals surface area contributed by atoms with Crippen LogP contribution in [0.3, 0.4) is 0 Å². The molecular weight excluding hydrogens is 342 g/mol. The van der Waals surface area contributed by atoms with Crippen LogP contribution >= 0.6 is 11.6 Å². The molecule has 0 saturated carbocycles. The SMILES string of the molecule is O=C(O)c1cccc(Oc2cc(Cl)ccc2OCc2ccccc2)n1. The summed E-state index contributed by atoms with van der Waals surface area (Å²) in [7, 11) is 0. The molecule has 1 N–H and O–H groups in total. The van der Waals surface area contributed by atoms with Crippen LogP contribution < -0.4 is 9.47 Å². The van der Waals surface area contributed by atoms with Crippen molar-refractivity contribution < 1.29 is 19.4 Å². The molecule has 6 heteroatoms. The van der Waals surface area contributed by atoms with Crippen LogP contribution in [0.1, 0.15) is 16.1 Å². The van der Waals surface area contributed by atoms with Crippen molar-refractivity contribution in [3.8, 4) is 17.4 Å². The Hall–Kier alpha value is -3.05. The minimum absolute atomic E-state index is 0.105. The van der Waals surface area contributed by atoms with Gasteiger partial charge in [-0.2, -0.15) is 0 Å². The molecule has 0 saturated heterocycles. The maximum Gasteiger partial charge on any atom is 0.354 e. The number of nitrogens with zero attached hydrogens (tertiary/aromatic N) is 1. The molecule has 0 spiro atoms. The monoisotopic (exact) mass is 355 g/mol. The molecule has 126 valence electrons. The minimum atomic E-state index is -1.13. The van der Waals surface area contributed by atoms with E-state index in [9.17, 15) is 4.79 Å². The third kappa shape index (κ3) is 4.49. The van der Waals surface area contributed by atoms with Gasteiger partial charge in [0.1, 0.15) is 6.61 Å². The molecule has 3 aromatic rings. The van der Waals surface area contributed by atoms with Gasteiger partial charge in [0.2, 0.25) is 5.88 Å². The summed E-state index contributed by atoms with van der Waals surface area (Å²) in [4.78, 5) is 15.0. The number of carbonyl (C=O) groups is 1. The van der Waals surface area contributed by atoms with Crippen molar-refractivity contribution in [2.45, 2.75) is 6.61 Å². The summed E-state index contributed by atoms with van der Waals surface area (Å²) in [5, 5.41) is 9.49. The summed E-state index contributed by atoms with van der Waals surface area (Å²) in [6.07, 6.45) is 0.